The van der Waals surface area contributed by atoms with Crippen molar-refractivity contribution < 1.29 is 45.1 Å². The van der Waals surface area contributed by atoms with Crippen LogP contribution in [0.15, 0.2) is 70.5 Å². The molecule has 2 aliphatic heterocycles. The molecule has 0 atom stereocenters. The van der Waals surface area contributed by atoms with Crippen LogP contribution in [-0.2, 0) is 20.2 Å². The summed E-state index contributed by atoms with van der Waals surface area (Å²) in [6.45, 7) is 7.82. The summed E-state index contributed by atoms with van der Waals surface area (Å²) in [5.74, 6) is -3.32. The second-order valence-electron chi connectivity index (χ2n) is 11.0. The number of amides is 4. The minimum atomic E-state index is -5.09. The van der Waals surface area contributed by atoms with Crippen molar-refractivity contribution >= 4 is 60.3 Å². The Morgan fingerprint density at radius 2 is 1.02 bits per heavy atom. The fourth-order valence-electron chi connectivity index (χ4n) is 5.46. The van der Waals surface area contributed by atoms with Crippen molar-refractivity contribution in [3.8, 4) is 11.1 Å². The van der Waals surface area contributed by atoms with Crippen molar-refractivity contribution in [3.05, 3.63) is 88.5 Å². The standard InChI is InChI=1S/C29H20N2O10S2.C3H8/c1-13(2)14-3-5-16(22(11-14)42(36,37)38)17-6-4-15(12-23(17)43(39,40)41)31-28(34)20-9-7-18-24-19(27(33)30-26(18)32)8-10-21(25(20)24)29(31)35;1-3-2/h3-13H,1-2H3,(H,30,32,33)(H,36,37,38)(H,39,40,41);3H2,1-2H3. The lowest BCUT2D eigenvalue weighted by Gasteiger charge is -2.29. The molecule has 2 aliphatic rings. The lowest BCUT2D eigenvalue weighted by molar-refractivity contribution is 0.0837. The number of hydrogen-bond donors (Lipinski definition) is 3. The van der Waals surface area contributed by atoms with Gasteiger partial charge in [-0.2, -0.15) is 16.8 Å². The zero-order valence-electron chi connectivity index (χ0n) is 25.0. The number of rotatable bonds is 5. The summed E-state index contributed by atoms with van der Waals surface area (Å²) in [6.07, 6.45) is 1.25. The van der Waals surface area contributed by atoms with E-state index in [1.165, 1.54) is 55.0 Å². The largest absolute Gasteiger partial charge is 0.295 e. The van der Waals surface area contributed by atoms with Gasteiger partial charge in [-0.15, -0.1) is 0 Å². The van der Waals surface area contributed by atoms with Crippen LogP contribution < -0.4 is 10.2 Å². The Kier molecular flexibility index (Phi) is 8.19. The topological polar surface area (TPSA) is 192 Å². The molecule has 238 valence electrons. The van der Waals surface area contributed by atoms with Gasteiger partial charge < -0.3 is 0 Å². The van der Waals surface area contributed by atoms with Crippen LogP contribution >= 0.6 is 0 Å². The number of anilines is 1. The summed E-state index contributed by atoms with van der Waals surface area (Å²) in [6, 6.07) is 12.5. The highest BCUT2D eigenvalue weighted by Gasteiger charge is 2.38. The maximum atomic E-state index is 13.7. The van der Waals surface area contributed by atoms with E-state index in [0.29, 0.717) is 10.5 Å². The quantitative estimate of drug-likeness (QED) is 0.188. The van der Waals surface area contributed by atoms with Gasteiger partial charge in [-0.3, -0.25) is 33.6 Å². The predicted molar refractivity (Wildman–Crippen MR) is 168 cm³/mol. The van der Waals surface area contributed by atoms with Crippen molar-refractivity contribution in [3.63, 3.8) is 0 Å². The van der Waals surface area contributed by atoms with E-state index in [4.69, 9.17) is 0 Å². The van der Waals surface area contributed by atoms with E-state index in [-0.39, 0.29) is 55.8 Å². The molecule has 3 N–H and O–H groups in total. The van der Waals surface area contributed by atoms with Gasteiger partial charge in [0, 0.05) is 44.2 Å². The molecule has 4 amide bonds. The third-order valence-corrected chi connectivity index (χ3v) is 9.27. The van der Waals surface area contributed by atoms with E-state index < -0.39 is 53.7 Å². The van der Waals surface area contributed by atoms with Crippen molar-refractivity contribution in [2.45, 2.75) is 49.8 Å². The minimum absolute atomic E-state index is 0.0342. The summed E-state index contributed by atoms with van der Waals surface area (Å²) < 4.78 is 69.8. The van der Waals surface area contributed by atoms with Crippen molar-refractivity contribution in [1.29, 1.82) is 0 Å². The molecule has 0 radical (unpaired) electrons. The van der Waals surface area contributed by atoms with Crippen LogP contribution in [0.25, 0.3) is 21.9 Å². The summed E-state index contributed by atoms with van der Waals surface area (Å²) >= 11 is 0. The van der Waals surface area contributed by atoms with Gasteiger partial charge in [-0.1, -0.05) is 52.3 Å². The Morgan fingerprint density at radius 1 is 0.630 bits per heavy atom. The monoisotopic (exact) mass is 664 g/mol. The van der Waals surface area contributed by atoms with Gasteiger partial charge >= 0.3 is 0 Å². The highest BCUT2D eigenvalue weighted by molar-refractivity contribution is 7.86. The zero-order chi connectivity index (χ0) is 33.9. The van der Waals surface area contributed by atoms with E-state index in [0.717, 1.165) is 12.1 Å². The highest BCUT2D eigenvalue weighted by Crippen LogP contribution is 2.40. The number of benzene rings is 4. The summed E-state index contributed by atoms with van der Waals surface area (Å²) in [5.41, 5.74) is -0.165. The van der Waals surface area contributed by atoms with Gasteiger partial charge in [-0.05, 0) is 53.9 Å². The number of hydrogen-bond acceptors (Lipinski definition) is 8. The molecule has 46 heavy (non-hydrogen) atoms. The Balaban J connectivity index is 0.00000134. The molecule has 0 spiro atoms. The van der Waals surface area contributed by atoms with Gasteiger partial charge in [0.15, 0.2) is 0 Å². The number of nitrogens with one attached hydrogen (secondary N) is 1. The second-order valence-corrected chi connectivity index (χ2v) is 13.8. The first-order valence-corrected chi connectivity index (χ1v) is 17.0. The lowest BCUT2D eigenvalue weighted by Crippen LogP contribution is -2.42. The molecule has 0 aliphatic carbocycles. The third kappa shape index (κ3) is 5.38. The van der Waals surface area contributed by atoms with Crippen molar-refractivity contribution in [2.75, 3.05) is 4.90 Å². The number of imide groups is 2. The minimum Gasteiger partial charge on any atom is -0.288 e. The van der Waals surface area contributed by atoms with Crippen LogP contribution in [0.3, 0.4) is 0 Å². The smallest absolute Gasteiger partial charge is 0.288 e. The first-order valence-electron chi connectivity index (χ1n) is 14.1. The van der Waals surface area contributed by atoms with Crippen LogP contribution in [0.2, 0.25) is 0 Å². The molecule has 14 heteroatoms. The molecule has 0 bridgehead atoms. The molecule has 4 aromatic carbocycles. The molecule has 2 heterocycles. The van der Waals surface area contributed by atoms with E-state index >= 15 is 0 Å². The molecular formula is C32H28N2O10S2. The first kappa shape index (κ1) is 32.6. The van der Waals surface area contributed by atoms with Gasteiger partial charge in [0.2, 0.25) is 0 Å². The van der Waals surface area contributed by atoms with E-state index in [2.05, 4.69) is 19.2 Å². The predicted octanol–water partition coefficient (Wildman–Crippen LogP) is 5.22. The lowest BCUT2D eigenvalue weighted by atomic mass is 9.86. The van der Waals surface area contributed by atoms with Crippen molar-refractivity contribution in [1.82, 2.24) is 5.32 Å². The van der Waals surface area contributed by atoms with E-state index in [9.17, 15) is 45.1 Å². The zero-order valence-corrected chi connectivity index (χ0v) is 26.6. The van der Waals surface area contributed by atoms with E-state index in [1.54, 1.807) is 13.8 Å². The fourth-order valence-corrected chi connectivity index (χ4v) is 6.92. The summed E-state index contributed by atoms with van der Waals surface area (Å²) in [7, 11) is -9.96. The number of carbonyl (C=O) groups is 4. The van der Waals surface area contributed by atoms with Crippen LogP contribution in [0.1, 0.15) is 87.0 Å². The van der Waals surface area contributed by atoms with Gasteiger partial charge in [0.05, 0.1) is 5.69 Å². The maximum Gasteiger partial charge on any atom is 0.295 e. The van der Waals surface area contributed by atoms with Crippen LogP contribution in [-0.4, -0.2) is 49.6 Å². The highest BCUT2D eigenvalue weighted by atomic mass is 32.2. The van der Waals surface area contributed by atoms with Gasteiger partial charge in [0.1, 0.15) is 9.79 Å². The summed E-state index contributed by atoms with van der Waals surface area (Å²) in [5, 5.41) is 2.43. The molecule has 12 nitrogen and oxygen atoms in total. The number of carbonyl (C=O) groups excluding carboxylic acids is 4. The molecule has 0 saturated heterocycles. The van der Waals surface area contributed by atoms with Crippen LogP contribution in [0.4, 0.5) is 5.69 Å². The average molecular weight is 665 g/mol. The molecule has 0 fully saturated rings. The maximum absolute atomic E-state index is 13.7. The normalized spacial score (nSPS) is 14.4. The average Bonchev–Trinajstić information content (AvgIpc) is 2.98. The van der Waals surface area contributed by atoms with Crippen molar-refractivity contribution in [2.24, 2.45) is 0 Å². The first-order chi connectivity index (χ1) is 21.5. The van der Waals surface area contributed by atoms with Gasteiger partial charge in [0.25, 0.3) is 43.9 Å². The number of nitrogens with zero attached hydrogens (tertiary/aromatic N) is 1. The van der Waals surface area contributed by atoms with Crippen LogP contribution in [0, 0.1) is 0 Å². The van der Waals surface area contributed by atoms with Gasteiger partial charge in [-0.25, -0.2) is 4.90 Å². The molecule has 6 rings (SSSR count). The Morgan fingerprint density at radius 3 is 1.48 bits per heavy atom. The SMILES string of the molecule is CC(C)c1ccc(-c2ccc(N3C(=O)c4ccc5c6c(ccc(c46)C3=O)C(=O)NC5=O)cc2S(=O)(=O)O)c(S(=O)(=O)O)c1.CCC. The molecule has 0 saturated carbocycles. The Labute approximate surface area is 264 Å². The second kappa shape index (κ2) is 11.6. The fraction of sp³-hybridized carbons (Fsp3) is 0.188. The molecule has 4 aromatic rings. The van der Waals surface area contributed by atoms with Crippen LogP contribution in [0.5, 0.6) is 0 Å². The van der Waals surface area contributed by atoms with E-state index in [1.807, 2.05) is 0 Å². The molecule has 0 aromatic heterocycles. The molecular weight excluding hydrogens is 636 g/mol. The molecule has 0 unspecified atom stereocenters. The Hall–Kier alpha value is -4.76. The third-order valence-electron chi connectivity index (χ3n) is 7.49. The summed E-state index contributed by atoms with van der Waals surface area (Å²) in [4.78, 5) is 51.5. The Bertz CT molecular complexity index is 2170.